The summed E-state index contributed by atoms with van der Waals surface area (Å²) < 4.78 is 37.8. The van der Waals surface area contributed by atoms with Crippen molar-refractivity contribution in [3.05, 3.63) is 66.0 Å². The highest BCUT2D eigenvalue weighted by Crippen LogP contribution is 2.40. The van der Waals surface area contributed by atoms with Crippen LogP contribution in [0.5, 0.6) is 0 Å². The maximum absolute atomic E-state index is 12.6. The molecule has 0 fully saturated rings. The summed E-state index contributed by atoms with van der Waals surface area (Å²) in [4.78, 5) is 21.1. The molecule has 3 aromatic rings. The molecule has 2 heterocycles. The number of pyridine rings is 1. The summed E-state index contributed by atoms with van der Waals surface area (Å²) in [5, 5.41) is 3.29. The third kappa shape index (κ3) is 4.59. The smallest absolute Gasteiger partial charge is 0.316 e. The van der Waals surface area contributed by atoms with Crippen molar-refractivity contribution in [2.75, 3.05) is 5.32 Å². The molecule has 0 aliphatic carbocycles. The molecule has 0 saturated carbocycles. The minimum Gasteiger partial charge on any atom is -0.316 e. The zero-order chi connectivity index (χ0) is 19.4. The zero-order valence-electron chi connectivity index (χ0n) is 14.0. The van der Waals surface area contributed by atoms with Gasteiger partial charge in [-0.15, -0.1) is 11.3 Å². The molecule has 0 aliphatic heterocycles. The molecule has 0 atom stereocenters. The molecule has 4 nitrogen and oxygen atoms in total. The Bertz CT molecular complexity index is 951. The van der Waals surface area contributed by atoms with Gasteiger partial charge in [-0.05, 0) is 48.2 Å². The van der Waals surface area contributed by atoms with Crippen LogP contribution in [-0.4, -0.2) is 17.6 Å². The number of aliphatic imine (C=N–C) groups is 1. The van der Waals surface area contributed by atoms with Crippen molar-refractivity contribution in [1.82, 2.24) is 4.98 Å². The van der Waals surface area contributed by atoms with Gasteiger partial charge in [-0.1, -0.05) is 12.1 Å². The Morgan fingerprint density at radius 2 is 1.81 bits per heavy atom. The Morgan fingerprint density at radius 3 is 2.41 bits per heavy atom. The number of benzene rings is 1. The maximum atomic E-state index is 12.6. The molecule has 3 rings (SSSR count). The van der Waals surface area contributed by atoms with Crippen LogP contribution in [0.3, 0.4) is 0 Å². The molecule has 0 bridgehead atoms. The number of rotatable bonds is 5. The number of carbonyl (C=O) groups excluding carboxylic acids is 1. The van der Waals surface area contributed by atoms with Crippen molar-refractivity contribution < 1.29 is 18.0 Å². The van der Waals surface area contributed by atoms with Crippen LogP contribution >= 0.6 is 11.3 Å². The van der Waals surface area contributed by atoms with Gasteiger partial charge in [0.25, 0.3) is 0 Å². The third-order valence-corrected chi connectivity index (χ3v) is 4.84. The third-order valence-electron chi connectivity index (χ3n) is 3.75. The van der Waals surface area contributed by atoms with E-state index >= 15 is 0 Å². The van der Waals surface area contributed by atoms with E-state index in [2.05, 4.69) is 22.0 Å². The van der Waals surface area contributed by atoms with E-state index in [-0.39, 0.29) is 12.3 Å². The largest absolute Gasteiger partial charge is 0.416 e. The number of hydrogen-bond acceptors (Lipinski definition) is 4. The fraction of sp³-hybridized carbons (Fsp3) is 0.105. The highest BCUT2D eigenvalue weighted by Gasteiger charge is 2.30. The van der Waals surface area contributed by atoms with E-state index in [1.165, 1.54) is 23.5 Å². The Balaban J connectivity index is 1.72. The molecule has 27 heavy (non-hydrogen) atoms. The fourth-order valence-corrected chi connectivity index (χ4v) is 3.45. The molecule has 1 N–H and O–H groups in total. The van der Waals surface area contributed by atoms with Gasteiger partial charge >= 0.3 is 6.18 Å². The molecule has 8 heteroatoms. The highest BCUT2D eigenvalue weighted by molar-refractivity contribution is 7.20. The topological polar surface area (TPSA) is 54.4 Å². The van der Waals surface area contributed by atoms with Gasteiger partial charge in [0, 0.05) is 17.3 Å². The lowest BCUT2D eigenvalue weighted by molar-refractivity contribution is -0.137. The van der Waals surface area contributed by atoms with Crippen LogP contribution in [0.1, 0.15) is 11.1 Å². The summed E-state index contributed by atoms with van der Waals surface area (Å²) in [6, 6.07) is 10.0. The van der Waals surface area contributed by atoms with Crippen molar-refractivity contribution in [3.8, 4) is 10.4 Å². The first-order valence-corrected chi connectivity index (χ1v) is 8.65. The number of alkyl halides is 3. The molecule has 1 amide bonds. The van der Waals surface area contributed by atoms with Crippen molar-refractivity contribution in [2.45, 2.75) is 12.6 Å². The maximum Gasteiger partial charge on any atom is 0.416 e. The number of nitrogens with one attached hydrogen (secondary N) is 1. The van der Waals surface area contributed by atoms with Crippen LogP contribution in [0.4, 0.5) is 23.9 Å². The second-order valence-electron chi connectivity index (χ2n) is 5.64. The van der Waals surface area contributed by atoms with Crippen molar-refractivity contribution in [2.24, 2.45) is 4.99 Å². The fourth-order valence-electron chi connectivity index (χ4n) is 2.41. The number of halogens is 3. The molecule has 0 aliphatic rings. The SMILES string of the molecule is C=Nc1cc(-c2ccncc2)sc1NC(=O)Cc1ccc(C(F)(F)F)cc1. The summed E-state index contributed by atoms with van der Waals surface area (Å²) in [5.41, 5.74) is 1.21. The summed E-state index contributed by atoms with van der Waals surface area (Å²) in [6.45, 7) is 3.51. The van der Waals surface area contributed by atoms with Crippen LogP contribution in [0.15, 0.2) is 59.9 Å². The van der Waals surface area contributed by atoms with Gasteiger partial charge in [0.1, 0.15) is 5.00 Å². The van der Waals surface area contributed by atoms with Crippen LogP contribution in [0.2, 0.25) is 0 Å². The number of nitrogens with zero attached hydrogens (tertiary/aromatic N) is 2. The van der Waals surface area contributed by atoms with Gasteiger partial charge < -0.3 is 5.32 Å². The lowest BCUT2D eigenvalue weighted by Crippen LogP contribution is -2.14. The molecule has 0 radical (unpaired) electrons. The van der Waals surface area contributed by atoms with Crippen molar-refractivity contribution in [1.29, 1.82) is 0 Å². The number of hydrogen-bond donors (Lipinski definition) is 1. The van der Waals surface area contributed by atoms with Gasteiger partial charge in [-0.25, -0.2) is 0 Å². The second-order valence-corrected chi connectivity index (χ2v) is 6.69. The molecular formula is C19H14F3N3OS. The van der Waals surface area contributed by atoms with E-state index in [0.717, 1.165) is 22.6 Å². The van der Waals surface area contributed by atoms with E-state index in [1.54, 1.807) is 18.5 Å². The van der Waals surface area contributed by atoms with Gasteiger partial charge in [0.15, 0.2) is 0 Å². The molecular weight excluding hydrogens is 375 g/mol. The van der Waals surface area contributed by atoms with Crippen molar-refractivity contribution in [3.63, 3.8) is 0 Å². The van der Waals surface area contributed by atoms with E-state index in [1.807, 2.05) is 12.1 Å². The number of amides is 1. The van der Waals surface area contributed by atoms with Crippen molar-refractivity contribution >= 4 is 34.6 Å². The average molecular weight is 389 g/mol. The van der Waals surface area contributed by atoms with E-state index < -0.39 is 11.7 Å². The monoisotopic (exact) mass is 389 g/mol. The zero-order valence-corrected chi connectivity index (χ0v) is 14.8. The summed E-state index contributed by atoms with van der Waals surface area (Å²) in [5.74, 6) is -0.345. The number of carbonyl (C=O) groups is 1. The first-order chi connectivity index (χ1) is 12.9. The Morgan fingerprint density at radius 1 is 1.15 bits per heavy atom. The Hall–Kier alpha value is -3.00. The number of aromatic nitrogens is 1. The highest BCUT2D eigenvalue weighted by atomic mass is 32.1. The Kier molecular flexibility index (Phi) is 5.36. The van der Waals surface area contributed by atoms with E-state index in [0.29, 0.717) is 16.3 Å². The van der Waals surface area contributed by atoms with Gasteiger partial charge in [-0.2, -0.15) is 13.2 Å². The summed E-state index contributed by atoms with van der Waals surface area (Å²) in [6.07, 6.45) is -1.11. The normalized spacial score (nSPS) is 11.2. The molecule has 1 aromatic carbocycles. The van der Waals surface area contributed by atoms with Crippen LogP contribution in [0.25, 0.3) is 10.4 Å². The number of anilines is 1. The molecule has 0 unspecified atom stereocenters. The minimum atomic E-state index is -4.40. The van der Waals surface area contributed by atoms with E-state index in [9.17, 15) is 18.0 Å². The summed E-state index contributed by atoms with van der Waals surface area (Å²) in [7, 11) is 0. The molecule has 2 aromatic heterocycles. The standard InChI is InChI=1S/C19H14F3N3OS/c1-23-15-11-16(13-6-8-24-9-7-13)27-18(15)25-17(26)10-12-2-4-14(5-3-12)19(20,21)22/h2-9,11H,1,10H2,(H,25,26). The van der Waals surface area contributed by atoms with Crippen LogP contribution in [-0.2, 0) is 17.4 Å². The quantitative estimate of drug-likeness (QED) is 0.599. The minimum absolute atomic E-state index is 0.0444. The predicted octanol–water partition coefficient (Wildman–Crippen LogP) is 5.34. The lowest BCUT2D eigenvalue weighted by Gasteiger charge is -2.08. The first kappa shape index (κ1) is 18.8. The van der Waals surface area contributed by atoms with Crippen LogP contribution in [0, 0.1) is 0 Å². The number of thiophene rings is 1. The second kappa shape index (κ2) is 7.71. The lowest BCUT2D eigenvalue weighted by atomic mass is 10.1. The van der Waals surface area contributed by atoms with Gasteiger partial charge in [-0.3, -0.25) is 14.8 Å². The average Bonchev–Trinajstić information content (AvgIpc) is 3.05. The predicted molar refractivity (Wildman–Crippen MR) is 101 cm³/mol. The molecule has 138 valence electrons. The molecule has 0 spiro atoms. The van der Waals surface area contributed by atoms with Gasteiger partial charge in [0.2, 0.25) is 5.91 Å². The molecule has 0 saturated heterocycles. The first-order valence-electron chi connectivity index (χ1n) is 7.84. The van der Waals surface area contributed by atoms with E-state index in [4.69, 9.17) is 0 Å². The van der Waals surface area contributed by atoms with Gasteiger partial charge in [0.05, 0.1) is 17.7 Å². The Labute approximate surface area is 157 Å². The summed E-state index contributed by atoms with van der Waals surface area (Å²) >= 11 is 1.34. The van der Waals surface area contributed by atoms with Crippen LogP contribution < -0.4 is 5.32 Å².